The molecule has 0 aromatic heterocycles. The number of carbonyl (C=O) groups excluding carboxylic acids is 5. The van der Waals surface area contributed by atoms with Crippen LogP contribution in [0.2, 0.25) is 0 Å². The number of hydrogen-bond donors (Lipinski definition) is 11. The van der Waals surface area contributed by atoms with Crippen LogP contribution in [0, 0.1) is 11.8 Å². The summed E-state index contributed by atoms with van der Waals surface area (Å²) in [5.74, 6) is -7.99. The van der Waals surface area contributed by atoms with Crippen molar-refractivity contribution in [1.82, 2.24) is 26.6 Å². The highest BCUT2D eigenvalue weighted by atomic mass is 32.1. The Balaban J connectivity index is 5.79. The predicted molar refractivity (Wildman–Crippen MR) is 163 cm³/mol. The maximum atomic E-state index is 13.1. The number of thiol groups is 3. The van der Waals surface area contributed by atoms with Crippen LogP contribution in [0.3, 0.4) is 0 Å². The minimum absolute atomic E-state index is 0.0297. The SMILES string of the molecule is CC(C)C[C@H](NC(=O)[C@H](CC(=O)O)NC(=O)[C@H](CS)NC(=O)[C@@H](NC(=O)[C@@H](N)CS)C(C)C)C(=O)N[C@@H](CS)C(=O)O. The van der Waals surface area contributed by atoms with E-state index in [4.69, 9.17) is 5.73 Å². The van der Waals surface area contributed by atoms with Gasteiger partial charge in [0.2, 0.25) is 29.5 Å². The van der Waals surface area contributed by atoms with Gasteiger partial charge in [0.1, 0.15) is 30.2 Å². The van der Waals surface area contributed by atoms with Crippen LogP contribution in [0.15, 0.2) is 0 Å². The van der Waals surface area contributed by atoms with Crippen LogP contribution in [-0.2, 0) is 33.6 Å². The zero-order chi connectivity index (χ0) is 32.7. The van der Waals surface area contributed by atoms with Gasteiger partial charge in [-0.3, -0.25) is 28.8 Å². The molecular formula is C24H42N6O9S3. The van der Waals surface area contributed by atoms with Crippen LogP contribution < -0.4 is 32.3 Å². The maximum Gasteiger partial charge on any atom is 0.327 e. The number of carboxylic acids is 2. The Morgan fingerprint density at radius 2 is 1.07 bits per heavy atom. The molecule has 0 aliphatic heterocycles. The lowest BCUT2D eigenvalue weighted by Gasteiger charge is -2.27. The molecule has 0 aliphatic carbocycles. The van der Waals surface area contributed by atoms with Gasteiger partial charge in [-0.15, -0.1) is 0 Å². The van der Waals surface area contributed by atoms with Crippen molar-refractivity contribution in [3.63, 3.8) is 0 Å². The van der Waals surface area contributed by atoms with Gasteiger partial charge in [-0.2, -0.15) is 37.9 Å². The fourth-order valence-corrected chi connectivity index (χ4v) is 4.09. The van der Waals surface area contributed by atoms with E-state index in [0.717, 1.165) is 0 Å². The minimum Gasteiger partial charge on any atom is -0.481 e. The summed E-state index contributed by atoms with van der Waals surface area (Å²) >= 11 is 11.9. The molecular weight excluding hydrogens is 612 g/mol. The quantitative estimate of drug-likeness (QED) is 0.0671. The Morgan fingerprint density at radius 1 is 0.619 bits per heavy atom. The second kappa shape index (κ2) is 19.5. The highest BCUT2D eigenvalue weighted by molar-refractivity contribution is 7.80. The second-order valence-electron chi connectivity index (χ2n) is 10.2. The Hall–Kier alpha value is -2.70. The Bertz CT molecular complexity index is 985. The number of amides is 5. The molecule has 5 amide bonds. The van der Waals surface area contributed by atoms with Gasteiger partial charge in [0.05, 0.1) is 12.5 Å². The standard InChI is InChI=1S/C24H42N6O9S3/c1-10(2)5-13(20(34)29-16(9-42)24(38)39)26-21(35)14(6-17(31)32)27-22(36)15(8-41)28-23(37)18(11(3)4)30-19(33)12(25)7-40/h10-16,18,40-42H,5-9,25H2,1-4H3,(H,26,35)(H,27,36)(H,28,37)(H,29,34)(H,30,33)(H,31,32)(H,38,39)/t12-,13-,14-,15-,16-,18-/m0/s1. The molecule has 0 unspecified atom stereocenters. The topological polar surface area (TPSA) is 246 Å². The molecule has 0 spiro atoms. The second-order valence-corrected chi connectivity index (χ2v) is 11.3. The fourth-order valence-electron chi connectivity index (χ4n) is 3.42. The molecule has 18 heteroatoms. The molecule has 0 fully saturated rings. The van der Waals surface area contributed by atoms with Gasteiger partial charge >= 0.3 is 11.9 Å². The highest BCUT2D eigenvalue weighted by Crippen LogP contribution is 2.08. The van der Waals surface area contributed by atoms with Crippen LogP contribution in [0.1, 0.15) is 40.5 Å². The predicted octanol–water partition coefficient (Wildman–Crippen LogP) is -2.21. The largest absolute Gasteiger partial charge is 0.481 e. The van der Waals surface area contributed by atoms with Crippen LogP contribution >= 0.6 is 37.9 Å². The van der Waals surface area contributed by atoms with E-state index in [1.165, 1.54) is 0 Å². The molecule has 0 saturated carbocycles. The molecule has 0 heterocycles. The van der Waals surface area contributed by atoms with E-state index >= 15 is 0 Å². The summed E-state index contributed by atoms with van der Waals surface area (Å²) < 4.78 is 0. The van der Waals surface area contributed by atoms with Crippen molar-refractivity contribution in [2.75, 3.05) is 17.3 Å². The summed E-state index contributed by atoms with van der Waals surface area (Å²) in [5, 5.41) is 30.4. The highest BCUT2D eigenvalue weighted by Gasteiger charge is 2.34. The zero-order valence-corrected chi connectivity index (χ0v) is 26.5. The lowest BCUT2D eigenvalue weighted by molar-refractivity contribution is -0.143. The first-order valence-corrected chi connectivity index (χ1v) is 14.9. The van der Waals surface area contributed by atoms with Gasteiger partial charge < -0.3 is 42.5 Å². The molecule has 0 saturated heterocycles. The lowest BCUT2D eigenvalue weighted by atomic mass is 10.0. The van der Waals surface area contributed by atoms with Gasteiger partial charge in [-0.05, 0) is 18.3 Å². The van der Waals surface area contributed by atoms with Crippen molar-refractivity contribution in [3.8, 4) is 0 Å². The lowest BCUT2D eigenvalue weighted by Crippen LogP contribution is -2.60. The van der Waals surface area contributed by atoms with Crippen LogP contribution in [-0.4, -0.2) is 105 Å². The monoisotopic (exact) mass is 654 g/mol. The Morgan fingerprint density at radius 3 is 1.50 bits per heavy atom. The summed E-state index contributed by atoms with van der Waals surface area (Å²) in [6.45, 7) is 6.79. The molecule has 42 heavy (non-hydrogen) atoms. The molecule has 0 radical (unpaired) electrons. The summed E-state index contributed by atoms with van der Waals surface area (Å²) in [7, 11) is 0. The van der Waals surface area contributed by atoms with Crippen molar-refractivity contribution in [3.05, 3.63) is 0 Å². The molecule has 0 aromatic carbocycles. The molecule has 0 bridgehead atoms. The van der Waals surface area contributed by atoms with Crippen molar-refractivity contribution in [2.45, 2.75) is 76.8 Å². The molecule has 0 aliphatic rings. The van der Waals surface area contributed by atoms with E-state index in [2.05, 4.69) is 64.5 Å². The Kier molecular flexibility index (Phi) is 18.2. The van der Waals surface area contributed by atoms with Gasteiger partial charge in [0.15, 0.2) is 0 Å². The average molecular weight is 655 g/mol. The van der Waals surface area contributed by atoms with Crippen molar-refractivity contribution >= 4 is 79.4 Å². The zero-order valence-electron chi connectivity index (χ0n) is 23.8. The van der Waals surface area contributed by atoms with Gasteiger partial charge in [0, 0.05) is 17.3 Å². The van der Waals surface area contributed by atoms with Crippen LogP contribution in [0.25, 0.3) is 0 Å². The molecule has 240 valence electrons. The molecule has 15 nitrogen and oxygen atoms in total. The van der Waals surface area contributed by atoms with Crippen molar-refractivity contribution in [2.24, 2.45) is 17.6 Å². The average Bonchev–Trinajstić information content (AvgIpc) is 2.90. The number of carboxylic acid groups (broad SMARTS) is 2. The smallest absolute Gasteiger partial charge is 0.327 e. The summed E-state index contributed by atoms with van der Waals surface area (Å²) in [4.78, 5) is 86.8. The van der Waals surface area contributed by atoms with Crippen molar-refractivity contribution in [1.29, 1.82) is 0 Å². The summed E-state index contributed by atoms with van der Waals surface area (Å²) in [6.07, 6.45) is -0.805. The maximum absolute atomic E-state index is 13.1. The van der Waals surface area contributed by atoms with Gasteiger partial charge in [-0.1, -0.05) is 27.7 Å². The van der Waals surface area contributed by atoms with E-state index in [1.807, 2.05) is 0 Å². The first-order chi connectivity index (χ1) is 19.5. The minimum atomic E-state index is -1.68. The number of carbonyl (C=O) groups is 7. The molecule has 9 N–H and O–H groups in total. The molecule has 0 aromatic rings. The van der Waals surface area contributed by atoms with E-state index in [0.29, 0.717) is 0 Å². The number of aliphatic carboxylic acids is 2. The summed E-state index contributed by atoms with van der Waals surface area (Å²) in [6, 6.07) is -7.68. The molecule has 0 rings (SSSR count). The van der Waals surface area contributed by atoms with E-state index in [1.54, 1.807) is 27.7 Å². The first-order valence-electron chi connectivity index (χ1n) is 13.0. The Labute approximate surface area is 260 Å². The number of hydrogen-bond acceptors (Lipinski definition) is 11. The molecule has 6 atom stereocenters. The number of nitrogens with two attached hydrogens (primary N) is 1. The van der Waals surface area contributed by atoms with E-state index in [-0.39, 0.29) is 29.6 Å². The number of nitrogens with one attached hydrogen (secondary N) is 5. The van der Waals surface area contributed by atoms with Gasteiger partial charge in [-0.25, -0.2) is 4.79 Å². The first kappa shape index (κ1) is 39.3. The third-order valence-electron chi connectivity index (χ3n) is 5.74. The third-order valence-corrected chi connectivity index (χ3v) is 6.87. The van der Waals surface area contributed by atoms with Gasteiger partial charge in [0.25, 0.3) is 0 Å². The fraction of sp³-hybridized carbons (Fsp3) is 0.708. The van der Waals surface area contributed by atoms with E-state index in [9.17, 15) is 43.8 Å². The number of rotatable bonds is 19. The normalized spacial score (nSPS) is 15.4. The third kappa shape index (κ3) is 14.0. The summed E-state index contributed by atoms with van der Waals surface area (Å²) in [5.41, 5.74) is 5.65. The van der Waals surface area contributed by atoms with Crippen LogP contribution in [0.4, 0.5) is 0 Å². The van der Waals surface area contributed by atoms with Crippen molar-refractivity contribution < 1.29 is 43.8 Å². The van der Waals surface area contributed by atoms with Crippen LogP contribution in [0.5, 0.6) is 0 Å². The van der Waals surface area contributed by atoms with E-state index < -0.39 is 90.1 Å².